The van der Waals surface area contributed by atoms with E-state index < -0.39 is 20.1 Å². The number of ketones is 1. The Labute approximate surface area is 236 Å². The Morgan fingerprint density at radius 3 is 2.25 bits per heavy atom. The van der Waals surface area contributed by atoms with Gasteiger partial charge in [0.25, 0.3) is 0 Å². The molecule has 0 spiro atoms. The van der Waals surface area contributed by atoms with Crippen molar-refractivity contribution in [2.75, 3.05) is 6.61 Å². The summed E-state index contributed by atoms with van der Waals surface area (Å²) in [6.07, 6.45) is 2.98. The third-order valence-electron chi connectivity index (χ3n) is 6.56. The summed E-state index contributed by atoms with van der Waals surface area (Å²) in [5, 5.41) is 3.34. The quantitative estimate of drug-likeness (QED) is 0.0476. The molecule has 0 aliphatic carbocycles. The SMILES string of the molecule is CCOC(=O)C(=CNC(CCC(C)(C)[Si](C)(C)O)C(C)(C)C)C(=O)c1cc(I)c(OC(C)C)cc1Cl. The molecule has 1 rings (SSSR count). The molecule has 1 aromatic carbocycles. The maximum Gasteiger partial charge on any atom is 0.343 e. The van der Waals surface area contributed by atoms with Crippen LogP contribution >= 0.6 is 34.2 Å². The van der Waals surface area contributed by atoms with Crippen LogP contribution in [-0.4, -0.2) is 43.6 Å². The van der Waals surface area contributed by atoms with Crippen LogP contribution in [0.1, 0.15) is 78.6 Å². The molecule has 0 amide bonds. The van der Waals surface area contributed by atoms with Crippen LogP contribution in [0.3, 0.4) is 0 Å². The maximum atomic E-state index is 13.5. The fourth-order valence-corrected chi connectivity index (χ4v) is 4.97. The molecule has 0 radical (unpaired) electrons. The van der Waals surface area contributed by atoms with Gasteiger partial charge in [0.1, 0.15) is 11.3 Å². The molecular weight excluding hydrogens is 609 g/mol. The number of benzene rings is 1. The lowest BCUT2D eigenvalue weighted by Gasteiger charge is -2.38. The van der Waals surface area contributed by atoms with Crippen LogP contribution in [-0.2, 0) is 9.53 Å². The summed E-state index contributed by atoms with van der Waals surface area (Å²) in [5.41, 5.74) is -0.0726. The number of hydrogen-bond acceptors (Lipinski definition) is 6. The summed E-state index contributed by atoms with van der Waals surface area (Å²) in [5.74, 6) is -0.643. The maximum absolute atomic E-state index is 13.5. The van der Waals surface area contributed by atoms with Crippen molar-refractivity contribution in [3.05, 3.63) is 38.1 Å². The molecule has 1 atom stereocenters. The topological polar surface area (TPSA) is 84.9 Å². The zero-order valence-corrected chi connectivity index (χ0v) is 27.3. The van der Waals surface area contributed by atoms with E-state index in [1.54, 1.807) is 19.1 Å². The number of halogens is 2. The molecule has 6 nitrogen and oxygen atoms in total. The van der Waals surface area contributed by atoms with E-state index in [0.717, 1.165) is 16.4 Å². The Kier molecular flexibility index (Phi) is 12.0. The summed E-state index contributed by atoms with van der Waals surface area (Å²) >= 11 is 8.55. The highest BCUT2D eigenvalue weighted by molar-refractivity contribution is 14.1. The van der Waals surface area contributed by atoms with Gasteiger partial charge in [-0.1, -0.05) is 46.2 Å². The van der Waals surface area contributed by atoms with Crippen molar-refractivity contribution in [2.45, 2.75) is 98.5 Å². The van der Waals surface area contributed by atoms with Crippen molar-refractivity contribution >= 4 is 54.3 Å². The van der Waals surface area contributed by atoms with E-state index in [1.165, 1.54) is 6.20 Å². The van der Waals surface area contributed by atoms with Crippen molar-refractivity contribution in [3.8, 4) is 5.75 Å². The Bertz CT molecular complexity index is 964. The van der Waals surface area contributed by atoms with Crippen LogP contribution in [0.25, 0.3) is 0 Å². The fraction of sp³-hybridized carbons (Fsp3) is 0.630. The zero-order chi connectivity index (χ0) is 28.1. The minimum Gasteiger partial charge on any atom is -0.490 e. The number of Topliss-reactive ketones (excluding diaryl/α,β-unsaturated/α-hetero) is 1. The number of esters is 1. The summed E-state index contributed by atoms with van der Waals surface area (Å²) < 4.78 is 11.7. The second kappa shape index (κ2) is 13.1. The first-order valence-corrected chi connectivity index (χ1v) is 16.8. The third-order valence-corrected chi connectivity index (χ3v) is 11.3. The summed E-state index contributed by atoms with van der Waals surface area (Å²) in [4.78, 5) is 37.0. The van der Waals surface area contributed by atoms with Gasteiger partial charge in [0.15, 0.2) is 8.32 Å². The molecule has 0 saturated carbocycles. The van der Waals surface area contributed by atoms with Crippen LogP contribution in [0, 0.1) is 8.99 Å². The normalized spacial score (nSPS) is 14.0. The Hall–Kier alpha value is -1.10. The number of hydrogen-bond donors (Lipinski definition) is 2. The van der Waals surface area contributed by atoms with Gasteiger partial charge in [0.2, 0.25) is 5.78 Å². The average Bonchev–Trinajstić information content (AvgIpc) is 2.70. The number of rotatable bonds is 12. The largest absolute Gasteiger partial charge is 0.490 e. The molecule has 0 aliphatic heterocycles. The fourth-order valence-electron chi connectivity index (χ4n) is 3.38. The van der Waals surface area contributed by atoms with E-state index in [1.807, 2.05) is 26.9 Å². The lowest BCUT2D eigenvalue weighted by Crippen LogP contribution is -2.43. The molecule has 204 valence electrons. The lowest BCUT2D eigenvalue weighted by molar-refractivity contribution is -0.138. The molecule has 0 bridgehead atoms. The summed E-state index contributed by atoms with van der Waals surface area (Å²) in [7, 11) is -2.37. The number of carbonyl (C=O) groups excluding carboxylic acids is 2. The highest BCUT2D eigenvalue weighted by Crippen LogP contribution is 2.41. The van der Waals surface area contributed by atoms with Crippen molar-refractivity contribution in [3.63, 3.8) is 0 Å². The summed E-state index contributed by atoms with van der Waals surface area (Å²) in [6, 6.07) is 3.18. The smallest absolute Gasteiger partial charge is 0.343 e. The van der Waals surface area contributed by atoms with Gasteiger partial charge in [-0.25, -0.2) is 4.79 Å². The van der Waals surface area contributed by atoms with E-state index in [-0.39, 0.29) is 45.4 Å². The molecule has 0 aromatic heterocycles. The molecule has 36 heavy (non-hydrogen) atoms. The average molecular weight is 652 g/mol. The van der Waals surface area contributed by atoms with Gasteiger partial charge >= 0.3 is 5.97 Å². The second-order valence-corrected chi connectivity index (χ2v) is 17.6. The molecule has 1 aromatic rings. The van der Waals surface area contributed by atoms with Gasteiger partial charge in [-0.3, -0.25) is 4.79 Å². The molecule has 0 heterocycles. The second-order valence-electron chi connectivity index (χ2n) is 11.6. The van der Waals surface area contributed by atoms with Crippen LogP contribution in [0.4, 0.5) is 0 Å². The Morgan fingerprint density at radius 1 is 1.19 bits per heavy atom. The predicted molar refractivity (Wildman–Crippen MR) is 158 cm³/mol. The van der Waals surface area contributed by atoms with E-state index >= 15 is 0 Å². The van der Waals surface area contributed by atoms with Crippen LogP contribution in [0.5, 0.6) is 5.75 Å². The first-order chi connectivity index (χ1) is 16.3. The lowest BCUT2D eigenvalue weighted by atomic mass is 9.82. The van der Waals surface area contributed by atoms with Gasteiger partial charge in [-0.15, -0.1) is 0 Å². The van der Waals surface area contributed by atoms with Crippen molar-refractivity contribution in [2.24, 2.45) is 5.41 Å². The van der Waals surface area contributed by atoms with Gasteiger partial charge in [0.05, 0.1) is 21.3 Å². The molecule has 2 N–H and O–H groups in total. The van der Waals surface area contributed by atoms with E-state index in [4.69, 9.17) is 21.1 Å². The predicted octanol–water partition coefficient (Wildman–Crippen LogP) is 7.12. The molecule has 0 aliphatic rings. The molecule has 1 unspecified atom stereocenters. The van der Waals surface area contributed by atoms with Crippen molar-refractivity contribution in [1.82, 2.24) is 5.32 Å². The van der Waals surface area contributed by atoms with Crippen LogP contribution in [0.15, 0.2) is 23.9 Å². The van der Waals surface area contributed by atoms with Crippen molar-refractivity contribution in [1.29, 1.82) is 0 Å². The molecule has 9 heteroatoms. The first kappa shape index (κ1) is 32.9. The van der Waals surface area contributed by atoms with Crippen molar-refractivity contribution < 1.29 is 23.9 Å². The van der Waals surface area contributed by atoms with E-state index in [2.05, 4.69) is 62.5 Å². The van der Waals surface area contributed by atoms with Crippen LogP contribution < -0.4 is 10.1 Å². The standard InChI is InChI=1S/C27H43ClINO5Si/c1-11-34-25(32)19(24(31)18-14-21(29)22(15-20(18)28)35-17(2)3)16-30-23(26(4,5)6)12-13-27(7,8)36(9,10)33/h14-17,23,30,33H,11-13H2,1-10H3. The minimum atomic E-state index is -2.37. The van der Waals surface area contributed by atoms with Gasteiger partial charge in [0, 0.05) is 23.9 Å². The van der Waals surface area contributed by atoms with E-state index in [9.17, 15) is 14.4 Å². The Balaban J connectivity index is 3.36. The van der Waals surface area contributed by atoms with Gasteiger partial charge in [-0.2, -0.15) is 0 Å². The number of nitrogens with one attached hydrogen (secondary N) is 1. The van der Waals surface area contributed by atoms with Crippen LogP contribution in [0.2, 0.25) is 23.2 Å². The monoisotopic (exact) mass is 651 g/mol. The van der Waals surface area contributed by atoms with E-state index in [0.29, 0.717) is 5.75 Å². The number of ether oxygens (including phenoxy) is 2. The highest BCUT2D eigenvalue weighted by Gasteiger charge is 2.39. The summed E-state index contributed by atoms with van der Waals surface area (Å²) in [6.45, 7) is 20.1. The third kappa shape index (κ3) is 9.33. The molecule has 0 saturated heterocycles. The Morgan fingerprint density at radius 2 is 1.78 bits per heavy atom. The van der Waals surface area contributed by atoms with Gasteiger partial charge in [-0.05, 0) is 85.8 Å². The highest BCUT2D eigenvalue weighted by atomic mass is 127. The molecule has 0 fully saturated rings. The molecular formula is C27H43ClINO5Si. The first-order valence-electron chi connectivity index (χ1n) is 12.4. The number of carbonyl (C=O) groups is 2. The minimum absolute atomic E-state index is 0.0475. The zero-order valence-electron chi connectivity index (χ0n) is 23.3. The van der Waals surface area contributed by atoms with Gasteiger partial charge < -0.3 is 19.6 Å².